The van der Waals surface area contributed by atoms with Crippen LogP contribution in [0.15, 0.2) is 0 Å². The van der Waals surface area contributed by atoms with Gasteiger partial charge >= 0.3 is 0 Å². The summed E-state index contributed by atoms with van der Waals surface area (Å²) in [5, 5.41) is 3.02. The van der Waals surface area contributed by atoms with E-state index in [0.717, 1.165) is 0 Å². The minimum absolute atomic E-state index is 0.0738. The molecule has 0 aromatic carbocycles. The lowest BCUT2D eigenvalue weighted by Gasteiger charge is -2.11. The number of nitrogens with one attached hydrogen (secondary N) is 1. The predicted molar refractivity (Wildman–Crippen MR) is 73.2 cm³/mol. The Kier molecular flexibility index (Phi) is 5.61. The van der Waals surface area contributed by atoms with Crippen molar-refractivity contribution in [2.75, 3.05) is 29.6 Å². The fourth-order valence-electron chi connectivity index (χ4n) is 1.89. The van der Waals surface area contributed by atoms with E-state index in [4.69, 9.17) is 0 Å². The zero-order valence-electron chi connectivity index (χ0n) is 11.1. The minimum atomic E-state index is -3.01. The molecule has 1 N–H and O–H groups in total. The minimum Gasteiger partial charge on any atom is -0.312 e. The molecule has 7 heteroatoms. The molecule has 1 heterocycles. The highest BCUT2D eigenvalue weighted by Gasteiger charge is 2.27. The standard InChI is InChI=1S/C11H23NO4S2/c1-10(2)3-6-17(13,14)8-5-12-11-4-7-18(15,16)9-11/h10-12H,3-9H2,1-2H3. The van der Waals surface area contributed by atoms with Gasteiger partial charge in [0.2, 0.25) is 0 Å². The van der Waals surface area contributed by atoms with Crippen LogP contribution in [-0.2, 0) is 19.7 Å². The predicted octanol–water partition coefficient (Wildman–Crippen LogP) is 0.224. The molecule has 1 fully saturated rings. The van der Waals surface area contributed by atoms with Gasteiger partial charge in [0.1, 0.15) is 0 Å². The van der Waals surface area contributed by atoms with Crippen LogP contribution in [0.3, 0.4) is 0 Å². The van der Waals surface area contributed by atoms with E-state index in [1.165, 1.54) is 0 Å². The van der Waals surface area contributed by atoms with E-state index in [1.807, 2.05) is 13.8 Å². The average molecular weight is 297 g/mol. The molecule has 1 aliphatic rings. The van der Waals surface area contributed by atoms with Gasteiger partial charge in [0, 0.05) is 12.6 Å². The van der Waals surface area contributed by atoms with Crippen molar-refractivity contribution in [3.63, 3.8) is 0 Å². The lowest BCUT2D eigenvalue weighted by Crippen LogP contribution is -2.34. The van der Waals surface area contributed by atoms with Gasteiger partial charge in [-0.25, -0.2) is 16.8 Å². The Bertz CT molecular complexity index is 453. The summed E-state index contributed by atoms with van der Waals surface area (Å²) in [6.07, 6.45) is 1.27. The number of sulfone groups is 2. The first-order chi connectivity index (χ1) is 8.20. The molecular formula is C11H23NO4S2. The Morgan fingerprint density at radius 3 is 2.44 bits per heavy atom. The van der Waals surface area contributed by atoms with Crippen molar-refractivity contribution in [1.82, 2.24) is 5.32 Å². The number of hydrogen-bond acceptors (Lipinski definition) is 5. The van der Waals surface area contributed by atoms with Crippen LogP contribution >= 0.6 is 0 Å². The first kappa shape index (κ1) is 15.9. The van der Waals surface area contributed by atoms with E-state index in [1.54, 1.807) is 0 Å². The highest BCUT2D eigenvalue weighted by atomic mass is 32.2. The second-order valence-corrected chi connectivity index (χ2v) is 9.92. The van der Waals surface area contributed by atoms with Crippen LogP contribution in [-0.4, -0.2) is 52.4 Å². The summed E-state index contributed by atoms with van der Waals surface area (Å²) in [4.78, 5) is 0. The molecule has 0 aromatic heterocycles. The van der Waals surface area contributed by atoms with E-state index in [0.29, 0.717) is 25.3 Å². The van der Waals surface area contributed by atoms with Crippen LogP contribution in [0, 0.1) is 5.92 Å². The smallest absolute Gasteiger partial charge is 0.151 e. The Labute approximate surface area is 110 Å². The molecule has 1 saturated heterocycles. The molecule has 1 aliphatic heterocycles. The van der Waals surface area contributed by atoms with Crippen molar-refractivity contribution in [3.05, 3.63) is 0 Å². The monoisotopic (exact) mass is 297 g/mol. The van der Waals surface area contributed by atoms with Crippen LogP contribution in [0.25, 0.3) is 0 Å². The molecule has 0 aromatic rings. The van der Waals surface area contributed by atoms with Gasteiger partial charge in [0.05, 0.1) is 23.0 Å². The second kappa shape index (κ2) is 6.34. The summed E-state index contributed by atoms with van der Waals surface area (Å²) in [6, 6.07) is -0.0738. The van der Waals surface area contributed by atoms with Gasteiger partial charge in [0.25, 0.3) is 0 Å². The van der Waals surface area contributed by atoms with Crippen molar-refractivity contribution in [2.24, 2.45) is 5.92 Å². The van der Waals surface area contributed by atoms with Crippen molar-refractivity contribution < 1.29 is 16.8 Å². The van der Waals surface area contributed by atoms with Crippen LogP contribution in [0.1, 0.15) is 26.7 Å². The maximum atomic E-state index is 11.7. The van der Waals surface area contributed by atoms with Gasteiger partial charge in [0.15, 0.2) is 19.7 Å². The van der Waals surface area contributed by atoms with Gasteiger partial charge in [-0.15, -0.1) is 0 Å². The van der Waals surface area contributed by atoms with Gasteiger partial charge in [-0.2, -0.15) is 0 Å². The van der Waals surface area contributed by atoms with E-state index < -0.39 is 19.7 Å². The highest BCUT2D eigenvalue weighted by Crippen LogP contribution is 2.11. The lowest BCUT2D eigenvalue weighted by molar-refractivity contribution is 0.553. The molecule has 18 heavy (non-hydrogen) atoms. The van der Waals surface area contributed by atoms with Crippen LogP contribution in [0.2, 0.25) is 0 Å². The van der Waals surface area contributed by atoms with Gasteiger partial charge in [-0.05, 0) is 18.8 Å². The van der Waals surface area contributed by atoms with Crippen molar-refractivity contribution in [2.45, 2.75) is 32.7 Å². The summed E-state index contributed by atoms with van der Waals surface area (Å²) >= 11 is 0. The van der Waals surface area contributed by atoms with E-state index in [9.17, 15) is 16.8 Å². The third-order valence-electron chi connectivity index (χ3n) is 3.08. The molecule has 1 atom stereocenters. The van der Waals surface area contributed by atoms with E-state index >= 15 is 0 Å². The molecule has 0 aliphatic carbocycles. The zero-order valence-corrected chi connectivity index (χ0v) is 12.7. The fourth-order valence-corrected chi connectivity index (χ4v) is 5.06. The fraction of sp³-hybridized carbons (Fsp3) is 1.00. The summed E-state index contributed by atoms with van der Waals surface area (Å²) in [7, 11) is -5.90. The Balaban J connectivity index is 2.25. The molecule has 1 unspecified atom stereocenters. The van der Waals surface area contributed by atoms with Gasteiger partial charge < -0.3 is 5.32 Å². The van der Waals surface area contributed by atoms with E-state index in [2.05, 4.69) is 5.32 Å². The summed E-state index contributed by atoms with van der Waals surface area (Å²) in [5.74, 6) is 1.04. The number of rotatable bonds is 7. The Morgan fingerprint density at radius 1 is 1.28 bits per heavy atom. The Morgan fingerprint density at radius 2 is 1.94 bits per heavy atom. The summed E-state index contributed by atoms with van der Waals surface area (Å²) in [5.41, 5.74) is 0. The van der Waals surface area contributed by atoms with Crippen LogP contribution in [0.5, 0.6) is 0 Å². The third kappa shape index (κ3) is 6.15. The quantitative estimate of drug-likeness (QED) is 0.727. The molecule has 0 spiro atoms. The average Bonchev–Trinajstić information content (AvgIpc) is 2.55. The molecule has 0 amide bonds. The third-order valence-corrected chi connectivity index (χ3v) is 6.54. The zero-order chi connectivity index (χ0) is 13.8. The molecule has 0 saturated carbocycles. The first-order valence-corrected chi connectivity index (χ1v) is 9.99. The maximum absolute atomic E-state index is 11.7. The summed E-state index contributed by atoms with van der Waals surface area (Å²) < 4.78 is 45.8. The molecule has 108 valence electrons. The molecular weight excluding hydrogens is 274 g/mol. The van der Waals surface area contributed by atoms with Crippen molar-refractivity contribution >= 4 is 19.7 Å². The van der Waals surface area contributed by atoms with Gasteiger partial charge in [-0.1, -0.05) is 13.8 Å². The second-order valence-electron chi connectivity index (χ2n) is 5.39. The maximum Gasteiger partial charge on any atom is 0.151 e. The largest absolute Gasteiger partial charge is 0.312 e. The van der Waals surface area contributed by atoms with Gasteiger partial charge in [-0.3, -0.25) is 0 Å². The Hall–Kier alpha value is -0.140. The molecule has 5 nitrogen and oxygen atoms in total. The molecule has 0 radical (unpaired) electrons. The van der Waals surface area contributed by atoms with Crippen LogP contribution in [0.4, 0.5) is 0 Å². The topological polar surface area (TPSA) is 80.3 Å². The SMILES string of the molecule is CC(C)CCS(=O)(=O)CCNC1CCS(=O)(=O)C1. The lowest BCUT2D eigenvalue weighted by atomic mass is 10.2. The van der Waals surface area contributed by atoms with Crippen LogP contribution < -0.4 is 5.32 Å². The normalized spacial score (nSPS) is 23.6. The van der Waals surface area contributed by atoms with Crippen molar-refractivity contribution in [3.8, 4) is 0 Å². The highest BCUT2D eigenvalue weighted by molar-refractivity contribution is 7.91. The van der Waals surface area contributed by atoms with E-state index in [-0.39, 0.29) is 29.1 Å². The molecule has 1 rings (SSSR count). The number of hydrogen-bond donors (Lipinski definition) is 1. The first-order valence-electron chi connectivity index (χ1n) is 6.34. The van der Waals surface area contributed by atoms with Crippen molar-refractivity contribution in [1.29, 1.82) is 0 Å². The molecule has 0 bridgehead atoms. The summed E-state index contributed by atoms with van der Waals surface area (Å²) in [6.45, 7) is 4.34.